The maximum absolute atomic E-state index is 4.61. The molecule has 0 aliphatic heterocycles. The van der Waals surface area contributed by atoms with Crippen molar-refractivity contribution in [3.63, 3.8) is 0 Å². The predicted octanol–water partition coefficient (Wildman–Crippen LogP) is 4.87. The normalized spacial score (nSPS) is 11.0. The number of nitrogens with one attached hydrogen (secondary N) is 1. The van der Waals surface area contributed by atoms with Crippen molar-refractivity contribution >= 4 is 43.7 Å². The van der Waals surface area contributed by atoms with Crippen molar-refractivity contribution in [2.45, 2.75) is 6.92 Å². The van der Waals surface area contributed by atoms with Crippen LogP contribution >= 0.6 is 22.7 Å². The first-order valence-electron chi connectivity index (χ1n) is 6.78. The number of aromatic nitrogens is 3. The lowest BCUT2D eigenvalue weighted by Crippen LogP contribution is -1.89. The number of pyridine rings is 1. The lowest BCUT2D eigenvalue weighted by atomic mass is 10.2. The molecule has 0 fully saturated rings. The molecule has 0 saturated carbocycles. The van der Waals surface area contributed by atoms with Gasteiger partial charge in [0.2, 0.25) is 0 Å². The van der Waals surface area contributed by atoms with E-state index in [4.69, 9.17) is 0 Å². The Morgan fingerprint density at radius 3 is 2.95 bits per heavy atom. The molecule has 3 aromatic heterocycles. The molecule has 0 spiro atoms. The highest BCUT2D eigenvalue weighted by molar-refractivity contribution is 7.18. The first kappa shape index (κ1) is 13.4. The molecule has 0 aliphatic rings. The standard InChI is InChI=1S/C16H12N4S2/c1-10-18-13-7-12(4-5-15(13)22-10)19-16-20-14(9-21-16)11-3-2-6-17-8-11/h2-9H,1H3,(H,19,20). The van der Waals surface area contributed by atoms with Crippen LogP contribution in [0.15, 0.2) is 48.1 Å². The monoisotopic (exact) mass is 324 g/mol. The Balaban J connectivity index is 1.61. The van der Waals surface area contributed by atoms with E-state index in [0.29, 0.717) is 0 Å². The van der Waals surface area contributed by atoms with Gasteiger partial charge in [0.05, 0.1) is 20.9 Å². The fraction of sp³-hybridized carbons (Fsp3) is 0.0625. The quantitative estimate of drug-likeness (QED) is 0.584. The van der Waals surface area contributed by atoms with Gasteiger partial charge in [-0.25, -0.2) is 9.97 Å². The maximum atomic E-state index is 4.61. The topological polar surface area (TPSA) is 50.7 Å². The smallest absolute Gasteiger partial charge is 0.187 e. The summed E-state index contributed by atoms with van der Waals surface area (Å²) in [5.41, 5.74) is 3.99. The molecule has 0 atom stereocenters. The SMILES string of the molecule is Cc1nc2cc(Nc3nc(-c4cccnc4)cs3)ccc2s1. The van der Waals surface area contributed by atoms with Gasteiger partial charge in [-0.1, -0.05) is 0 Å². The van der Waals surface area contributed by atoms with Crippen LogP contribution in [0.3, 0.4) is 0 Å². The van der Waals surface area contributed by atoms with E-state index in [-0.39, 0.29) is 0 Å². The minimum atomic E-state index is 0.866. The van der Waals surface area contributed by atoms with Gasteiger partial charge in [-0.05, 0) is 37.3 Å². The van der Waals surface area contributed by atoms with E-state index in [0.717, 1.165) is 32.6 Å². The number of nitrogens with zero attached hydrogens (tertiary/aromatic N) is 3. The fourth-order valence-corrected chi connectivity index (χ4v) is 3.77. The Hall–Kier alpha value is -2.31. The van der Waals surface area contributed by atoms with E-state index in [1.165, 1.54) is 4.70 Å². The molecule has 108 valence electrons. The summed E-state index contributed by atoms with van der Waals surface area (Å²) < 4.78 is 1.21. The molecule has 0 amide bonds. The zero-order chi connectivity index (χ0) is 14.9. The van der Waals surface area contributed by atoms with Crippen LogP contribution in [-0.4, -0.2) is 15.0 Å². The van der Waals surface area contributed by atoms with Gasteiger partial charge in [-0.3, -0.25) is 4.98 Å². The van der Waals surface area contributed by atoms with Crippen molar-refractivity contribution in [2.24, 2.45) is 0 Å². The molecule has 4 rings (SSSR count). The highest BCUT2D eigenvalue weighted by Crippen LogP contribution is 2.29. The summed E-state index contributed by atoms with van der Waals surface area (Å²) in [6, 6.07) is 10.1. The highest BCUT2D eigenvalue weighted by Gasteiger charge is 2.06. The van der Waals surface area contributed by atoms with E-state index in [1.54, 1.807) is 28.9 Å². The van der Waals surface area contributed by atoms with Crippen LogP contribution in [0.2, 0.25) is 0 Å². The summed E-state index contributed by atoms with van der Waals surface area (Å²) in [6.45, 7) is 2.03. The second-order valence-corrected chi connectivity index (χ2v) is 6.91. The molecular formula is C16H12N4S2. The van der Waals surface area contributed by atoms with Crippen LogP contribution in [0.1, 0.15) is 5.01 Å². The average molecular weight is 324 g/mol. The molecule has 4 nitrogen and oxygen atoms in total. The summed E-state index contributed by atoms with van der Waals surface area (Å²) in [7, 11) is 0. The zero-order valence-electron chi connectivity index (χ0n) is 11.8. The summed E-state index contributed by atoms with van der Waals surface area (Å²) in [5.74, 6) is 0. The van der Waals surface area contributed by atoms with Crippen molar-refractivity contribution in [1.82, 2.24) is 15.0 Å². The minimum Gasteiger partial charge on any atom is -0.331 e. The van der Waals surface area contributed by atoms with E-state index in [2.05, 4.69) is 38.5 Å². The number of aryl methyl sites for hydroxylation is 1. The fourth-order valence-electron chi connectivity index (χ4n) is 2.22. The Bertz CT molecular complexity index is 928. The number of thiazole rings is 2. The van der Waals surface area contributed by atoms with Gasteiger partial charge in [-0.15, -0.1) is 22.7 Å². The molecule has 0 aliphatic carbocycles. The third kappa shape index (κ3) is 2.58. The van der Waals surface area contributed by atoms with Crippen molar-refractivity contribution in [3.8, 4) is 11.3 Å². The van der Waals surface area contributed by atoms with Gasteiger partial charge in [-0.2, -0.15) is 0 Å². The van der Waals surface area contributed by atoms with Gasteiger partial charge in [0.15, 0.2) is 5.13 Å². The van der Waals surface area contributed by atoms with E-state index in [1.807, 2.05) is 30.6 Å². The second kappa shape index (κ2) is 5.47. The van der Waals surface area contributed by atoms with Crippen LogP contribution in [0.25, 0.3) is 21.5 Å². The Morgan fingerprint density at radius 1 is 1.14 bits per heavy atom. The number of fused-ring (bicyclic) bond motifs is 1. The Morgan fingerprint density at radius 2 is 2.09 bits per heavy atom. The molecule has 0 radical (unpaired) electrons. The highest BCUT2D eigenvalue weighted by atomic mass is 32.1. The molecule has 0 saturated heterocycles. The zero-order valence-corrected chi connectivity index (χ0v) is 13.4. The molecule has 3 heterocycles. The first-order chi connectivity index (χ1) is 10.8. The summed E-state index contributed by atoms with van der Waals surface area (Å²) in [5, 5.41) is 7.33. The molecule has 6 heteroatoms. The van der Waals surface area contributed by atoms with Gasteiger partial charge in [0.1, 0.15) is 0 Å². The van der Waals surface area contributed by atoms with Gasteiger partial charge < -0.3 is 5.32 Å². The molecule has 4 aromatic rings. The average Bonchev–Trinajstić information content (AvgIpc) is 3.13. The number of hydrogen-bond donors (Lipinski definition) is 1. The van der Waals surface area contributed by atoms with Crippen LogP contribution in [0.4, 0.5) is 10.8 Å². The predicted molar refractivity (Wildman–Crippen MR) is 93.0 cm³/mol. The largest absolute Gasteiger partial charge is 0.331 e. The number of rotatable bonds is 3. The first-order valence-corrected chi connectivity index (χ1v) is 8.48. The lowest BCUT2D eigenvalue weighted by Gasteiger charge is -2.01. The van der Waals surface area contributed by atoms with Gasteiger partial charge in [0, 0.05) is 29.0 Å². The van der Waals surface area contributed by atoms with Gasteiger partial charge in [0.25, 0.3) is 0 Å². The number of benzene rings is 1. The number of anilines is 2. The third-order valence-electron chi connectivity index (χ3n) is 3.21. The van der Waals surface area contributed by atoms with E-state index in [9.17, 15) is 0 Å². The molecule has 1 aromatic carbocycles. The Kier molecular flexibility index (Phi) is 3.32. The number of hydrogen-bond acceptors (Lipinski definition) is 6. The minimum absolute atomic E-state index is 0.866. The maximum Gasteiger partial charge on any atom is 0.187 e. The molecule has 1 N–H and O–H groups in total. The molecule has 0 unspecified atom stereocenters. The van der Waals surface area contributed by atoms with E-state index < -0.39 is 0 Å². The molecule has 22 heavy (non-hydrogen) atoms. The van der Waals surface area contributed by atoms with Crippen LogP contribution in [0, 0.1) is 6.92 Å². The summed E-state index contributed by atoms with van der Waals surface area (Å²) in [4.78, 5) is 13.3. The van der Waals surface area contributed by atoms with Crippen molar-refractivity contribution in [3.05, 3.63) is 53.1 Å². The van der Waals surface area contributed by atoms with E-state index >= 15 is 0 Å². The van der Waals surface area contributed by atoms with Crippen LogP contribution in [0.5, 0.6) is 0 Å². The van der Waals surface area contributed by atoms with Gasteiger partial charge >= 0.3 is 0 Å². The second-order valence-electron chi connectivity index (χ2n) is 4.82. The van der Waals surface area contributed by atoms with Crippen molar-refractivity contribution in [2.75, 3.05) is 5.32 Å². The summed E-state index contributed by atoms with van der Waals surface area (Å²) in [6.07, 6.45) is 3.59. The Labute approximate surface area is 135 Å². The third-order valence-corrected chi connectivity index (χ3v) is 4.92. The lowest BCUT2D eigenvalue weighted by molar-refractivity contribution is 1.30. The van der Waals surface area contributed by atoms with Crippen molar-refractivity contribution < 1.29 is 0 Å². The van der Waals surface area contributed by atoms with Crippen LogP contribution in [-0.2, 0) is 0 Å². The van der Waals surface area contributed by atoms with Crippen LogP contribution < -0.4 is 5.32 Å². The van der Waals surface area contributed by atoms with Crippen molar-refractivity contribution in [1.29, 1.82) is 0 Å². The molecular weight excluding hydrogens is 312 g/mol. The summed E-state index contributed by atoms with van der Waals surface area (Å²) >= 11 is 3.29. The molecule has 0 bridgehead atoms.